The van der Waals surface area contributed by atoms with E-state index in [2.05, 4.69) is 20.5 Å². The van der Waals surface area contributed by atoms with Gasteiger partial charge in [-0.2, -0.15) is 0 Å². The Bertz CT molecular complexity index is 902. The number of anilines is 1. The van der Waals surface area contributed by atoms with Crippen LogP contribution in [-0.4, -0.2) is 34.3 Å². The first-order chi connectivity index (χ1) is 10.4. The fraction of sp³-hybridized carbons (Fsp3) is 0.214. The topological polar surface area (TPSA) is 89.2 Å². The van der Waals surface area contributed by atoms with Gasteiger partial charge in [-0.25, -0.2) is 13.4 Å². The number of benzene rings is 1. The van der Waals surface area contributed by atoms with E-state index in [1.165, 1.54) is 6.26 Å². The minimum Gasteiger partial charge on any atom is -0.360 e. The lowest BCUT2D eigenvalue weighted by atomic mass is 10.1. The maximum absolute atomic E-state index is 11.5. The van der Waals surface area contributed by atoms with Crippen molar-refractivity contribution in [3.63, 3.8) is 0 Å². The summed E-state index contributed by atoms with van der Waals surface area (Å²) in [4.78, 5) is 4.58. The summed E-state index contributed by atoms with van der Waals surface area (Å²) in [5, 5.41) is 11.1. The third-order valence-corrected chi connectivity index (χ3v) is 4.51. The Morgan fingerprint density at radius 2 is 1.95 bits per heavy atom. The van der Waals surface area contributed by atoms with E-state index in [4.69, 9.17) is 0 Å². The van der Waals surface area contributed by atoms with Crippen molar-refractivity contribution < 1.29 is 8.42 Å². The molecule has 1 atom stereocenters. The summed E-state index contributed by atoms with van der Waals surface area (Å²) in [6.45, 7) is 1.97. The molecule has 0 spiro atoms. The highest BCUT2D eigenvalue weighted by Gasteiger charge is 2.12. The molecule has 0 radical (unpaired) electrons. The summed E-state index contributed by atoms with van der Waals surface area (Å²) >= 11 is 0. The summed E-state index contributed by atoms with van der Waals surface area (Å²) in [5.41, 5.74) is 1.60. The largest absolute Gasteiger partial charge is 0.360 e. The minimum absolute atomic E-state index is 0.0518. The second kappa shape index (κ2) is 5.38. The van der Waals surface area contributed by atoms with Crippen molar-refractivity contribution in [1.29, 1.82) is 0 Å². The zero-order chi connectivity index (χ0) is 15.7. The Morgan fingerprint density at radius 3 is 2.64 bits per heavy atom. The normalized spacial score (nSPS) is 13.2. The summed E-state index contributed by atoms with van der Waals surface area (Å²) < 4.78 is 24.7. The first-order valence-corrected chi connectivity index (χ1v) is 8.55. The van der Waals surface area contributed by atoms with Gasteiger partial charge in [-0.05, 0) is 24.6 Å². The zero-order valence-electron chi connectivity index (χ0n) is 12.1. The highest BCUT2D eigenvalue weighted by Crippen LogP contribution is 2.21. The molecule has 1 unspecified atom stereocenters. The molecule has 8 heteroatoms. The first-order valence-electron chi connectivity index (χ1n) is 6.66. The second-order valence-electron chi connectivity index (χ2n) is 5.04. The van der Waals surface area contributed by atoms with Gasteiger partial charge in [-0.1, -0.05) is 12.1 Å². The standard InChI is InChI=1S/C14H15N5O2S/c1-10(11-3-5-12(6-4-11)22(2,20)21)17-13-14-18-16-9-19(14)8-7-15-13/h3-10H,1-2H3,(H,15,17). The van der Waals surface area contributed by atoms with Gasteiger partial charge in [0.05, 0.1) is 10.9 Å². The molecule has 2 heterocycles. The summed E-state index contributed by atoms with van der Waals surface area (Å²) in [5.74, 6) is 0.625. The van der Waals surface area contributed by atoms with Gasteiger partial charge in [0.1, 0.15) is 6.33 Å². The van der Waals surface area contributed by atoms with Gasteiger partial charge >= 0.3 is 0 Å². The second-order valence-corrected chi connectivity index (χ2v) is 7.06. The molecule has 0 aliphatic heterocycles. The fourth-order valence-electron chi connectivity index (χ4n) is 2.15. The third-order valence-electron chi connectivity index (χ3n) is 3.38. The van der Waals surface area contributed by atoms with Crippen LogP contribution in [0.25, 0.3) is 5.65 Å². The summed E-state index contributed by atoms with van der Waals surface area (Å²) in [7, 11) is -3.18. The zero-order valence-corrected chi connectivity index (χ0v) is 12.9. The summed E-state index contributed by atoms with van der Waals surface area (Å²) in [6, 6.07) is 6.74. The van der Waals surface area contributed by atoms with Gasteiger partial charge < -0.3 is 5.32 Å². The third kappa shape index (κ3) is 2.77. The van der Waals surface area contributed by atoms with Crippen molar-refractivity contribution in [2.75, 3.05) is 11.6 Å². The molecule has 0 saturated carbocycles. The van der Waals surface area contributed by atoms with Crippen LogP contribution >= 0.6 is 0 Å². The molecular formula is C14H15N5O2S. The number of nitrogens with one attached hydrogen (secondary N) is 1. The van der Waals surface area contributed by atoms with Crippen molar-refractivity contribution in [1.82, 2.24) is 19.6 Å². The van der Waals surface area contributed by atoms with Crippen molar-refractivity contribution in [3.05, 3.63) is 48.5 Å². The predicted molar refractivity (Wildman–Crippen MR) is 82.4 cm³/mol. The van der Waals surface area contributed by atoms with Crippen LogP contribution in [0.15, 0.2) is 47.9 Å². The van der Waals surface area contributed by atoms with E-state index >= 15 is 0 Å². The Balaban J connectivity index is 1.85. The lowest BCUT2D eigenvalue weighted by Gasteiger charge is -2.15. The van der Waals surface area contributed by atoms with Crippen LogP contribution in [0.4, 0.5) is 5.82 Å². The molecule has 2 aromatic heterocycles. The molecule has 7 nitrogen and oxygen atoms in total. The van der Waals surface area contributed by atoms with E-state index in [0.29, 0.717) is 16.4 Å². The number of hydrogen-bond donors (Lipinski definition) is 1. The number of fused-ring (bicyclic) bond motifs is 1. The van der Waals surface area contributed by atoms with E-state index in [9.17, 15) is 8.42 Å². The van der Waals surface area contributed by atoms with Gasteiger partial charge in [-0.3, -0.25) is 4.40 Å². The van der Waals surface area contributed by atoms with Crippen LogP contribution in [0.5, 0.6) is 0 Å². The lowest BCUT2D eigenvalue weighted by molar-refractivity contribution is 0.602. The van der Waals surface area contributed by atoms with Gasteiger partial charge in [0.2, 0.25) is 5.65 Å². The quantitative estimate of drug-likeness (QED) is 0.788. The van der Waals surface area contributed by atoms with E-state index in [1.54, 1.807) is 47.4 Å². The maximum Gasteiger partial charge on any atom is 0.203 e. The SMILES string of the molecule is CC(Nc1nccn2cnnc12)c1ccc(S(C)(=O)=O)cc1. The molecule has 22 heavy (non-hydrogen) atoms. The van der Waals surface area contributed by atoms with Gasteiger partial charge in [0.15, 0.2) is 15.7 Å². The van der Waals surface area contributed by atoms with Crippen molar-refractivity contribution in [2.24, 2.45) is 0 Å². The smallest absolute Gasteiger partial charge is 0.203 e. The molecule has 0 aliphatic carbocycles. The van der Waals surface area contributed by atoms with Gasteiger partial charge in [-0.15, -0.1) is 10.2 Å². The molecule has 0 fully saturated rings. The van der Waals surface area contributed by atoms with E-state index < -0.39 is 9.84 Å². The van der Waals surface area contributed by atoms with E-state index in [1.807, 2.05) is 6.92 Å². The highest BCUT2D eigenvalue weighted by atomic mass is 32.2. The average molecular weight is 317 g/mol. The van der Waals surface area contributed by atoms with Crippen LogP contribution in [0.1, 0.15) is 18.5 Å². The number of aromatic nitrogens is 4. The molecule has 1 aromatic carbocycles. The number of sulfone groups is 1. The first kappa shape index (κ1) is 14.5. The Labute approximate surface area is 128 Å². The maximum atomic E-state index is 11.5. The van der Waals surface area contributed by atoms with Crippen LogP contribution in [-0.2, 0) is 9.84 Å². The Hall–Kier alpha value is -2.48. The Morgan fingerprint density at radius 1 is 1.23 bits per heavy atom. The van der Waals surface area contributed by atoms with Crippen LogP contribution < -0.4 is 5.32 Å². The molecule has 0 aliphatic rings. The monoisotopic (exact) mass is 317 g/mol. The van der Waals surface area contributed by atoms with Gasteiger partial charge in [0.25, 0.3) is 0 Å². The molecular weight excluding hydrogens is 302 g/mol. The molecule has 0 bridgehead atoms. The number of nitrogens with zero attached hydrogens (tertiary/aromatic N) is 4. The van der Waals surface area contributed by atoms with Gasteiger partial charge in [0, 0.05) is 18.6 Å². The molecule has 0 saturated heterocycles. The fourth-order valence-corrected chi connectivity index (χ4v) is 2.78. The number of rotatable bonds is 4. The summed E-state index contributed by atoms with van der Waals surface area (Å²) in [6.07, 6.45) is 6.23. The van der Waals surface area contributed by atoms with Crippen LogP contribution in [0, 0.1) is 0 Å². The lowest BCUT2D eigenvalue weighted by Crippen LogP contribution is -2.09. The highest BCUT2D eigenvalue weighted by molar-refractivity contribution is 7.90. The molecule has 0 amide bonds. The average Bonchev–Trinajstić information content (AvgIpc) is 2.96. The molecule has 1 N–H and O–H groups in total. The van der Waals surface area contributed by atoms with Crippen molar-refractivity contribution >= 4 is 21.3 Å². The van der Waals surface area contributed by atoms with Crippen LogP contribution in [0.2, 0.25) is 0 Å². The molecule has 3 aromatic rings. The van der Waals surface area contributed by atoms with E-state index in [-0.39, 0.29) is 6.04 Å². The number of hydrogen-bond acceptors (Lipinski definition) is 6. The van der Waals surface area contributed by atoms with Crippen molar-refractivity contribution in [3.8, 4) is 0 Å². The predicted octanol–water partition coefficient (Wildman–Crippen LogP) is 1.70. The van der Waals surface area contributed by atoms with E-state index in [0.717, 1.165) is 5.56 Å². The molecule has 114 valence electrons. The van der Waals surface area contributed by atoms with Crippen LogP contribution in [0.3, 0.4) is 0 Å². The molecule has 3 rings (SSSR count). The minimum atomic E-state index is -3.18. The Kier molecular flexibility index (Phi) is 3.53. The van der Waals surface area contributed by atoms with Crippen molar-refractivity contribution in [2.45, 2.75) is 17.9 Å².